The molecule has 0 atom stereocenters. The number of nitrogens with one attached hydrogen (secondary N) is 1. The first kappa shape index (κ1) is 14.9. The summed E-state index contributed by atoms with van der Waals surface area (Å²) in [6.07, 6.45) is 4.39. The number of sulfonamides is 1. The number of nitrogens with two attached hydrogens (primary N) is 1. The molecule has 0 saturated heterocycles. The van der Waals surface area contributed by atoms with Crippen LogP contribution in [0.1, 0.15) is 5.69 Å². The summed E-state index contributed by atoms with van der Waals surface area (Å²) in [5.41, 5.74) is 0.753. The number of rotatable bonds is 4. The van der Waals surface area contributed by atoms with Gasteiger partial charge in [-0.1, -0.05) is 18.2 Å². The summed E-state index contributed by atoms with van der Waals surface area (Å²) in [4.78, 5) is 15.7. The number of aromatic nitrogens is 1. The number of pyridine rings is 1. The van der Waals surface area contributed by atoms with Gasteiger partial charge in [0.05, 0.1) is 11.4 Å². The van der Waals surface area contributed by atoms with Crippen LogP contribution in [-0.2, 0) is 14.8 Å². The highest BCUT2D eigenvalue weighted by molar-refractivity contribution is 7.89. The van der Waals surface area contributed by atoms with E-state index in [1.807, 2.05) is 0 Å². The molecule has 21 heavy (non-hydrogen) atoms. The lowest BCUT2D eigenvalue weighted by Gasteiger charge is -2.07. The Morgan fingerprint density at radius 3 is 2.52 bits per heavy atom. The monoisotopic (exact) mass is 303 g/mol. The number of benzene rings is 1. The first-order valence-electron chi connectivity index (χ1n) is 5.99. The molecule has 0 fully saturated rings. The van der Waals surface area contributed by atoms with Crippen LogP contribution in [0.2, 0.25) is 0 Å². The molecule has 0 radical (unpaired) electrons. The molecule has 0 spiro atoms. The minimum Gasteiger partial charge on any atom is -0.321 e. The van der Waals surface area contributed by atoms with Gasteiger partial charge in [0.15, 0.2) is 0 Å². The van der Waals surface area contributed by atoms with Crippen LogP contribution < -0.4 is 10.5 Å². The Kier molecular flexibility index (Phi) is 4.46. The zero-order valence-corrected chi connectivity index (χ0v) is 11.7. The van der Waals surface area contributed by atoms with Crippen molar-refractivity contribution in [1.82, 2.24) is 4.98 Å². The average molecular weight is 303 g/mol. The standard InChI is InChI=1S/C14H13N3O3S/c15-21(19,20)13-7-2-1-6-12(13)17-14(18)9-8-11-5-3-4-10-16-11/h1-10H,(H,17,18)(H2,15,19,20). The van der Waals surface area contributed by atoms with E-state index in [1.165, 1.54) is 30.4 Å². The van der Waals surface area contributed by atoms with Crippen LogP contribution in [0.3, 0.4) is 0 Å². The van der Waals surface area contributed by atoms with Crippen LogP contribution in [-0.4, -0.2) is 19.3 Å². The molecule has 0 aliphatic heterocycles. The zero-order chi connectivity index (χ0) is 15.3. The number of carbonyl (C=O) groups excluding carboxylic acids is 1. The van der Waals surface area contributed by atoms with E-state index in [2.05, 4.69) is 10.3 Å². The Morgan fingerprint density at radius 1 is 1.14 bits per heavy atom. The van der Waals surface area contributed by atoms with Gasteiger partial charge in [-0.2, -0.15) is 0 Å². The Balaban J connectivity index is 2.16. The highest BCUT2D eigenvalue weighted by atomic mass is 32.2. The molecule has 6 nitrogen and oxygen atoms in total. The van der Waals surface area contributed by atoms with Crippen LogP contribution in [0.25, 0.3) is 6.08 Å². The zero-order valence-electron chi connectivity index (χ0n) is 10.9. The van der Waals surface area contributed by atoms with Gasteiger partial charge in [0.25, 0.3) is 0 Å². The lowest BCUT2D eigenvalue weighted by Crippen LogP contribution is -2.17. The molecular weight excluding hydrogens is 290 g/mol. The molecule has 1 aromatic carbocycles. The Bertz CT molecular complexity index is 771. The molecule has 1 amide bonds. The third kappa shape index (κ3) is 4.23. The molecule has 3 N–H and O–H groups in total. The van der Waals surface area contributed by atoms with Crippen molar-refractivity contribution in [2.45, 2.75) is 4.90 Å². The third-order valence-electron chi connectivity index (χ3n) is 2.54. The van der Waals surface area contributed by atoms with Crippen molar-refractivity contribution in [2.24, 2.45) is 5.14 Å². The van der Waals surface area contributed by atoms with Gasteiger partial charge in [-0.25, -0.2) is 13.6 Å². The quantitative estimate of drug-likeness (QED) is 0.833. The smallest absolute Gasteiger partial charge is 0.248 e. The Hall–Kier alpha value is -2.51. The van der Waals surface area contributed by atoms with Gasteiger partial charge in [0, 0.05) is 12.3 Å². The Morgan fingerprint density at radius 2 is 1.86 bits per heavy atom. The minimum absolute atomic E-state index is 0.135. The van der Waals surface area contributed by atoms with Gasteiger partial charge >= 0.3 is 0 Å². The molecule has 0 aliphatic carbocycles. The van der Waals surface area contributed by atoms with E-state index in [4.69, 9.17) is 5.14 Å². The third-order valence-corrected chi connectivity index (χ3v) is 3.51. The lowest BCUT2D eigenvalue weighted by molar-refractivity contribution is -0.111. The highest BCUT2D eigenvalue weighted by Crippen LogP contribution is 2.19. The fraction of sp³-hybridized carbons (Fsp3) is 0. The molecule has 0 bridgehead atoms. The largest absolute Gasteiger partial charge is 0.321 e. The number of anilines is 1. The van der Waals surface area contributed by atoms with Crippen molar-refractivity contribution in [3.05, 3.63) is 60.4 Å². The number of amides is 1. The van der Waals surface area contributed by atoms with Crippen molar-refractivity contribution >= 4 is 27.7 Å². The van der Waals surface area contributed by atoms with E-state index in [9.17, 15) is 13.2 Å². The second-order valence-electron chi connectivity index (χ2n) is 4.12. The van der Waals surface area contributed by atoms with E-state index in [0.717, 1.165) is 0 Å². The van der Waals surface area contributed by atoms with E-state index in [1.54, 1.807) is 30.5 Å². The first-order valence-corrected chi connectivity index (χ1v) is 7.53. The maximum Gasteiger partial charge on any atom is 0.248 e. The van der Waals surface area contributed by atoms with Gasteiger partial charge in [-0.3, -0.25) is 9.78 Å². The topological polar surface area (TPSA) is 102 Å². The predicted molar refractivity (Wildman–Crippen MR) is 79.7 cm³/mol. The minimum atomic E-state index is -3.90. The van der Waals surface area contributed by atoms with E-state index in [0.29, 0.717) is 5.69 Å². The van der Waals surface area contributed by atoms with Crippen molar-refractivity contribution in [1.29, 1.82) is 0 Å². The van der Waals surface area contributed by atoms with Crippen molar-refractivity contribution in [3.63, 3.8) is 0 Å². The number of para-hydroxylation sites is 1. The maximum absolute atomic E-state index is 11.8. The number of primary sulfonamides is 1. The summed E-state index contributed by atoms with van der Waals surface area (Å²) in [5, 5.41) is 7.57. The maximum atomic E-state index is 11.8. The summed E-state index contributed by atoms with van der Waals surface area (Å²) in [6, 6.07) is 11.2. The number of carbonyl (C=O) groups is 1. The number of hydrogen-bond donors (Lipinski definition) is 2. The molecule has 108 valence electrons. The van der Waals surface area contributed by atoms with Gasteiger partial charge in [-0.15, -0.1) is 0 Å². The van der Waals surface area contributed by atoms with Gasteiger partial charge in [-0.05, 0) is 30.3 Å². The number of hydrogen-bond acceptors (Lipinski definition) is 4. The predicted octanol–water partition coefficient (Wildman–Crippen LogP) is 1.38. The summed E-state index contributed by atoms with van der Waals surface area (Å²) in [5.74, 6) is -0.475. The van der Waals surface area contributed by atoms with Crippen LogP contribution >= 0.6 is 0 Å². The molecule has 1 aromatic heterocycles. The fourth-order valence-corrected chi connectivity index (χ4v) is 2.32. The molecule has 2 aromatic rings. The summed E-state index contributed by atoms with van der Waals surface area (Å²) in [6.45, 7) is 0. The SMILES string of the molecule is NS(=O)(=O)c1ccccc1NC(=O)C=Cc1ccccn1. The lowest BCUT2D eigenvalue weighted by atomic mass is 10.3. The van der Waals surface area contributed by atoms with Gasteiger partial charge in [0.2, 0.25) is 15.9 Å². The molecule has 0 aliphatic rings. The van der Waals surface area contributed by atoms with E-state index >= 15 is 0 Å². The normalized spacial score (nSPS) is 11.5. The van der Waals surface area contributed by atoms with Crippen molar-refractivity contribution in [3.8, 4) is 0 Å². The summed E-state index contributed by atoms with van der Waals surface area (Å²) in [7, 11) is -3.90. The highest BCUT2D eigenvalue weighted by Gasteiger charge is 2.13. The van der Waals surface area contributed by atoms with Gasteiger partial charge < -0.3 is 5.32 Å². The average Bonchev–Trinajstić information content (AvgIpc) is 2.46. The first-order chi connectivity index (χ1) is 9.97. The Labute approximate surface area is 122 Å². The molecule has 0 unspecified atom stereocenters. The second-order valence-corrected chi connectivity index (χ2v) is 5.65. The molecular formula is C14H13N3O3S. The second kappa shape index (κ2) is 6.29. The van der Waals surface area contributed by atoms with Crippen LogP contribution in [0, 0.1) is 0 Å². The van der Waals surface area contributed by atoms with Crippen molar-refractivity contribution in [2.75, 3.05) is 5.32 Å². The summed E-state index contributed by atoms with van der Waals surface area (Å²) >= 11 is 0. The molecule has 7 heteroatoms. The molecule has 2 rings (SSSR count). The van der Waals surface area contributed by atoms with Crippen LogP contribution in [0.15, 0.2) is 59.6 Å². The fourth-order valence-electron chi connectivity index (χ4n) is 1.63. The van der Waals surface area contributed by atoms with Crippen LogP contribution in [0.4, 0.5) is 5.69 Å². The van der Waals surface area contributed by atoms with Gasteiger partial charge in [0.1, 0.15) is 4.90 Å². The number of nitrogens with zero attached hydrogens (tertiary/aromatic N) is 1. The summed E-state index contributed by atoms with van der Waals surface area (Å²) < 4.78 is 22.8. The van der Waals surface area contributed by atoms with E-state index in [-0.39, 0.29) is 10.6 Å². The van der Waals surface area contributed by atoms with Crippen LogP contribution in [0.5, 0.6) is 0 Å². The molecule has 1 heterocycles. The van der Waals surface area contributed by atoms with Crippen molar-refractivity contribution < 1.29 is 13.2 Å². The van der Waals surface area contributed by atoms with E-state index < -0.39 is 15.9 Å². The molecule has 0 saturated carbocycles.